The molecule has 0 amide bonds. The third kappa shape index (κ3) is 1.17. The average Bonchev–Trinajstić information content (AvgIpc) is 2.34. The lowest BCUT2D eigenvalue weighted by Gasteiger charge is -1.80. The molecule has 0 radical (unpaired) electrons. The topological polar surface area (TPSA) is 34.6 Å². The van der Waals surface area contributed by atoms with Gasteiger partial charge in [0.05, 0.1) is 6.57 Å². The standard InChI is InChI=1S/C6H2ClNO2/c1-8-5-3-2-4(10-5)6(7)9/h2-3H. The number of carbonyl (C=O) groups excluding carboxylic acids is 1. The van der Waals surface area contributed by atoms with Gasteiger partial charge in [0.2, 0.25) is 0 Å². The summed E-state index contributed by atoms with van der Waals surface area (Å²) >= 11 is 5.04. The summed E-state index contributed by atoms with van der Waals surface area (Å²) in [5, 5.41) is -0.685. The zero-order valence-corrected chi connectivity index (χ0v) is 5.55. The van der Waals surface area contributed by atoms with E-state index in [-0.39, 0.29) is 11.6 Å². The number of hydrogen-bond donors (Lipinski definition) is 0. The summed E-state index contributed by atoms with van der Waals surface area (Å²) < 4.78 is 4.66. The van der Waals surface area contributed by atoms with Gasteiger partial charge in [-0.05, 0) is 23.7 Å². The van der Waals surface area contributed by atoms with Crippen LogP contribution in [0, 0.1) is 6.57 Å². The molecule has 1 rings (SSSR count). The fraction of sp³-hybridized carbons (Fsp3) is 0. The van der Waals surface area contributed by atoms with Crippen molar-refractivity contribution in [3.63, 3.8) is 0 Å². The third-order valence-electron chi connectivity index (χ3n) is 0.896. The molecule has 1 heterocycles. The van der Waals surface area contributed by atoms with Crippen LogP contribution in [0.2, 0.25) is 0 Å². The highest BCUT2D eigenvalue weighted by atomic mass is 35.5. The first kappa shape index (κ1) is 6.84. The molecular formula is C6H2ClNO2. The smallest absolute Gasteiger partial charge is 0.346 e. The predicted octanol–water partition coefficient (Wildman–Crippen LogP) is 2.21. The highest BCUT2D eigenvalue weighted by molar-refractivity contribution is 6.67. The molecule has 4 heteroatoms. The Hall–Kier alpha value is -1.27. The number of halogens is 1. The molecule has 3 nitrogen and oxygen atoms in total. The molecule has 1 aromatic heterocycles. The van der Waals surface area contributed by atoms with Crippen LogP contribution in [0.5, 0.6) is 0 Å². The van der Waals surface area contributed by atoms with Gasteiger partial charge in [-0.25, -0.2) is 0 Å². The van der Waals surface area contributed by atoms with Crippen LogP contribution in [0.25, 0.3) is 4.85 Å². The lowest BCUT2D eigenvalue weighted by Crippen LogP contribution is -1.80. The minimum Gasteiger partial charge on any atom is -0.475 e. The molecule has 0 bridgehead atoms. The second-order valence-electron chi connectivity index (χ2n) is 1.52. The van der Waals surface area contributed by atoms with Crippen molar-refractivity contribution in [2.24, 2.45) is 0 Å². The van der Waals surface area contributed by atoms with E-state index < -0.39 is 5.24 Å². The van der Waals surface area contributed by atoms with Crippen molar-refractivity contribution in [1.29, 1.82) is 0 Å². The first-order valence-corrected chi connectivity index (χ1v) is 2.79. The largest absolute Gasteiger partial charge is 0.475 e. The normalized spacial score (nSPS) is 8.80. The van der Waals surface area contributed by atoms with Crippen molar-refractivity contribution < 1.29 is 9.21 Å². The maximum Gasteiger partial charge on any atom is 0.346 e. The van der Waals surface area contributed by atoms with Crippen molar-refractivity contribution in [3.05, 3.63) is 29.3 Å². The fourth-order valence-electron chi connectivity index (χ4n) is 0.493. The van der Waals surface area contributed by atoms with Crippen molar-refractivity contribution in [2.45, 2.75) is 0 Å². The lowest BCUT2D eigenvalue weighted by molar-refractivity contribution is 0.105. The average molecular weight is 156 g/mol. The highest BCUT2D eigenvalue weighted by Crippen LogP contribution is 2.17. The van der Waals surface area contributed by atoms with Crippen LogP contribution < -0.4 is 0 Å². The van der Waals surface area contributed by atoms with Crippen LogP contribution in [-0.4, -0.2) is 5.24 Å². The van der Waals surface area contributed by atoms with Gasteiger partial charge in [-0.3, -0.25) is 4.79 Å². The fourth-order valence-corrected chi connectivity index (χ4v) is 0.595. The summed E-state index contributed by atoms with van der Waals surface area (Å²) in [6, 6.07) is 2.76. The van der Waals surface area contributed by atoms with Gasteiger partial charge in [0.15, 0.2) is 5.76 Å². The zero-order chi connectivity index (χ0) is 7.56. The quantitative estimate of drug-likeness (QED) is 0.460. The summed E-state index contributed by atoms with van der Waals surface area (Å²) in [6.45, 7) is 6.47. The molecule has 0 N–H and O–H groups in total. The Kier molecular flexibility index (Phi) is 1.74. The zero-order valence-electron chi connectivity index (χ0n) is 4.80. The molecule has 0 aliphatic heterocycles. The van der Waals surface area contributed by atoms with Gasteiger partial charge in [0, 0.05) is 0 Å². The Labute approximate surface area is 62.0 Å². The summed E-state index contributed by atoms with van der Waals surface area (Å²) in [5.74, 6) is 0.0802. The van der Waals surface area contributed by atoms with Gasteiger partial charge in [0.1, 0.15) is 0 Å². The molecule has 1 aromatic rings. The van der Waals surface area contributed by atoms with Gasteiger partial charge in [-0.15, -0.1) is 0 Å². The lowest BCUT2D eigenvalue weighted by atomic mass is 10.5. The molecule has 10 heavy (non-hydrogen) atoms. The van der Waals surface area contributed by atoms with Crippen molar-refractivity contribution in [2.75, 3.05) is 0 Å². The maximum absolute atomic E-state index is 10.3. The van der Waals surface area contributed by atoms with E-state index in [2.05, 4.69) is 9.26 Å². The second kappa shape index (κ2) is 2.54. The Bertz CT molecular complexity index is 297. The Morgan fingerprint density at radius 1 is 1.70 bits per heavy atom. The van der Waals surface area contributed by atoms with E-state index in [1.165, 1.54) is 12.1 Å². The number of hydrogen-bond acceptors (Lipinski definition) is 2. The minimum absolute atomic E-state index is 0.00710. The predicted molar refractivity (Wildman–Crippen MR) is 35.2 cm³/mol. The van der Waals surface area contributed by atoms with Crippen molar-refractivity contribution in [1.82, 2.24) is 0 Å². The Morgan fingerprint density at radius 2 is 2.40 bits per heavy atom. The maximum atomic E-state index is 10.3. The summed E-state index contributed by atoms with van der Waals surface area (Å²) in [4.78, 5) is 13.3. The Balaban J connectivity index is 3.02. The Morgan fingerprint density at radius 3 is 2.70 bits per heavy atom. The van der Waals surface area contributed by atoms with Crippen LogP contribution in [0.4, 0.5) is 5.88 Å². The van der Waals surface area contributed by atoms with Gasteiger partial charge in [0.25, 0.3) is 5.24 Å². The van der Waals surface area contributed by atoms with Gasteiger partial charge < -0.3 is 4.42 Å². The first-order chi connectivity index (χ1) is 4.74. The van der Waals surface area contributed by atoms with E-state index in [1.807, 2.05) is 0 Å². The molecule has 0 aliphatic rings. The molecule has 0 fully saturated rings. The van der Waals surface area contributed by atoms with E-state index in [0.717, 1.165) is 0 Å². The molecule has 0 saturated carbocycles. The molecule has 0 aromatic carbocycles. The summed E-state index contributed by atoms with van der Waals surface area (Å²) in [5.41, 5.74) is 0. The van der Waals surface area contributed by atoms with Crippen LogP contribution in [0.1, 0.15) is 10.6 Å². The van der Waals surface area contributed by atoms with E-state index in [9.17, 15) is 4.79 Å². The van der Waals surface area contributed by atoms with E-state index in [4.69, 9.17) is 18.2 Å². The summed E-state index contributed by atoms with van der Waals surface area (Å²) in [6.07, 6.45) is 0. The molecular weight excluding hydrogens is 154 g/mol. The van der Waals surface area contributed by atoms with Crippen molar-refractivity contribution in [3.8, 4) is 0 Å². The molecule has 50 valence electrons. The van der Waals surface area contributed by atoms with E-state index in [0.29, 0.717) is 0 Å². The molecule has 0 spiro atoms. The summed E-state index contributed by atoms with van der Waals surface area (Å²) in [7, 11) is 0. The van der Waals surface area contributed by atoms with Crippen LogP contribution in [-0.2, 0) is 0 Å². The molecule has 0 atom stereocenters. The number of nitrogens with zero attached hydrogens (tertiary/aromatic N) is 1. The molecule has 0 saturated heterocycles. The van der Waals surface area contributed by atoms with Gasteiger partial charge in [-0.1, -0.05) is 0 Å². The number of carbonyl (C=O) groups is 1. The minimum atomic E-state index is -0.685. The van der Waals surface area contributed by atoms with Gasteiger partial charge >= 0.3 is 5.88 Å². The third-order valence-corrected chi connectivity index (χ3v) is 1.08. The SMILES string of the molecule is [C-]#[N+]c1ccc(C(=O)Cl)o1. The first-order valence-electron chi connectivity index (χ1n) is 2.41. The van der Waals surface area contributed by atoms with Gasteiger partial charge in [-0.2, -0.15) is 4.85 Å². The van der Waals surface area contributed by atoms with Crippen molar-refractivity contribution >= 4 is 22.7 Å². The van der Waals surface area contributed by atoms with Crippen LogP contribution in [0.3, 0.4) is 0 Å². The highest BCUT2D eigenvalue weighted by Gasteiger charge is 2.05. The number of furan rings is 1. The molecule has 0 aliphatic carbocycles. The van der Waals surface area contributed by atoms with Crippen LogP contribution >= 0.6 is 11.6 Å². The number of rotatable bonds is 1. The second-order valence-corrected chi connectivity index (χ2v) is 1.87. The van der Waals surface area contributed by atoms with E-state index >= 15 is 0 Å². The monoisotopic (exact) mass is 155 g/mol. The van der Waals surface area contributed by atoms with E-state index in [1.54, 1.807) is 0 Å². The molecule has 0 unspecified atom stereocenters. The van der Waals surface area contributed by atoms with Crippen LogP contribution in [0.15, 0.2) is 16.5 Å².